The number of hydrogen-bond donors (Lipinski definition) is 1. The number of rotatable bonds is 3. The third-order valence-electron chi connectivity index (χ3n) is 3.86. The monoisotopic (exact) mass is 369 g/mol. The molecule has 2 amide bonds. The summed E-state index contributed by atoms with van der Waals surface area (Å²) in [5.74, 6) is -0.347. The van der Waals surface area contributed by atoms with Crippen LogP contribution in [0.1, 0.15) is 44.7 Å². The van der Waals surface area contributed by atoms with Gasteiger partial charge in [-0.25, -0.2) is 9.69 Å². The third kappa shape index (κ3) is 4.79. The van der Waals surface area contributed by atoms with E-state index in [2.05, 4.69) is 0 Å². The molecule has 7 nitrogen and oxygen atoms in total. The van der Waals surface area contributed by atoms with Crippen molar-refractivity contribution in [3.05, 3.63) is 29.3 Å². The number of benzene rings is 1. The molecular weight excluding hydrogens is 346 g/mol. The van der Waals surface area contributed by atoms with Crippen LogP contribution in [0.4, 0.5) is 4.79 Å². The average molecular weight is 369 g/mol. The van der Waals surface area contributed by atoms with Crippen molar-refractivity contribution in [3.63, 3.8) is 0 Å². The first-order chi connectivity index (χ1) is 11.4. The second-order valence-electron chi connectivity index (χ2n) is 7.23. The number of likely N-dealkylation sites (tertiary alicyclic amines) is 1. The molecule has 1 aromatic rings. The molecule has 8 heteroatoms. The zero-order valence-corrected chi connectivity index (χ0v) is 15.6. The smallest absolute Gasteiger partial charge is 0.417 e. The van der Waals surface area contributed by atoms with E-state index in [9.17, 15) is 22.6 Å². The van der Waals surface area contributed by atoms with Crippen LogP contribution < -0.4 is 0 Å². The fourth-order valence-electron chi connectivity index (χ4n) is 2.87. The highest BCUT2D eigenvalue weighted by atomic mass is 32.2. The van der Waals surface area contributed by atoms with E-state index in [1.54, 1.807) is 39.8 Å². The first-order valence-corrected chi connectivity index (χ1v) is 9.44. The van der Waals surface area contributed by atoms with Gasteiger partial charge < -0.3 is 4.74 Å². The minimum absolute atomic E-state index is 0.141. The highest BCUT2D eigenvalue weighted by Crippen LogP contribution is 2.27. The van der Waals surface area contributed by atoms with Crippen LogP contribution in [0.2, 0.25) is 0 Å². The molecule has 0 spiro atoms. The maximum absolute atomic E-state index is 12.3. The fourth-order valence-corrected chi connectivity index (χ4v) is 3.59. The van der Waals surface area contributed by atoms with Crippen LogP contribution in [0.5, 0.6) is 0 Å². The lowest BCUT2D eigenvalue weighted by Crippen LogP contribution is -2.43. The van der Waals surface area contributed by atoms with E-state index in [1.807, 2.05) is 0 Å². The van der Waals surface area contributed by atoms with Crippen LogP contribution in [-0.2, 0) is 26.1 Å². The topological polar surface area (TPSA) is 101 Å². The van der Waals surface area contributed by atoms with Gasteiger partial charge >= 0.3 is 6.09 Å². The first-order valence-electron chi connectivity index (χ1n) is 8.00. The molecule has 1 fully saturated rings. The third-order valence-corrected chi connectivity index (χ3v) is 4.82. The Morgan fingerprint density at radius 2 is 2.00 bits per heavy atom. The molecule has 1 heterocycles. The maximum atomic E-state index is 12.3. The highest BCUT2D eigenvalue weighted by molar-refractivity contribution is 7.85. The number of imide groups is 1. The molecule has 0 aliphatic carbocycles. The molecule has 0 bridgehead atoms. The molecule has 1 aliphatic rings. The average Bonchev–Trinajstić information content (AvgIpc) is 2.76. The van der Waals surface area contributed by atoms with Gasteiger partial charge in [-0.3, -0.25) is 9.35 Å². The van der Waals surface area contributed by atoms with Crippen molar-refractivity contribution in [3.8, 4) is 0 Å². The second-order valence-corrected chi connectivity index (χ2v) is 8.62. The summed E-state index contributed by atoms with van der Waals surface area (Å²) in [5, 5.41) is 0. The number of hydrogen-bond acceptors (Lipinski definition) is 5. The number of amides is 2. The van der Waals surface area contributed by atoms with E-state index < -0.39 is 27.9 Å². The van der Waals surface area contributed by atoms with E-state index in [4.69, 9.17) is 4.74 Å². The van der Waals surface area contributed by atoms with Gasteiger partial charge in [0.2, 0.25) is 5.91 Å². The van der Waals surface area contributed by atoms with Crippen molar-refractivity contribution >= 4 is 22.1 Å². The molecule has 138 valence electrons. The lowest BCUT2D eigenvalue weighted by molar-refractivity contribution is -0.128. The van der Waals surface area contributed by atoms with Crippen LogP contribution in [0, 0.1) is 6.92 Å². The normalized spacial score (nSPS) is 18.5. The standard InChI is InChI=1S/C17H23NO6S/c1-11-5-7-14(25(21,22)23)12(9-11)10-13-6-8-15(19)18(13)16(20)24-17(2,3)4/h5,7,9,13H,6,8,10H2,1-4H3,(H,21,22,23)/t13-/m0/s1. The second kappa shape index (κ2) is 6.76. The highest BCUT2D eigenvalue weighted by Gasteiger charge is 2.39. The zero-order chi connectivity index (χ0) is 19.0. The molecule has 0 radical (unpaired) electrons. The minimum atomic E-state index is -4.39. The summed E-state index contributed by atoms with van der Waals surface area (Å²) >= 11 is 0. The molecule has 1 saturated heterocycles. The molecule has 2 rings (SSSR count). The van der Waals surface area contributed by atoms with Crippen molar-refractivity contribution in [2.45, 2.75) is 63.5 Å². The molecule has 1 N–H and O–H groups in total. The van der Waals surface area contributed by atoms with Crippen molar-refractivity contribution < 1.29 is 27.3 Å². The van der Waals surface area contributed by atoms with Crippen molar-refractivity contribution in [1.29, 1.82) is 0 Å². The summed E-state index contributed by atoms with van der Waals surface area (Å²) in [7, 11) is -4.39. The Hall–Kier alpha value is -1.93. The lowest BCUT2D eigenvalue weighted by atomic mass is 10.0. The van der Waals surface area contributed by atoms with Gasteiger partial charge in [0.15, 0.2) is 0 Å². The Balaban J connectivity index is 2.32. The Morgan fingerprint density at radius 1 is 1.36 bits per heavy atom. The zero-order valence-electron chi connectivity index (χ0n) is 14.8. The molecule has 25 heavy (non-hydrogen) atoms. The summed E-state index contributed by atoms with van der Waals surface area (Å²) in [5.41, 5.74) is 0.444. The van der Waals surface area contributed by atoms with Gasteiger partial charge in [0, 0.05) is 12.5 Å². The number of ether oxygens (including phenoxy) is 1. The summed E-state index contributed by atoms with van der Waals surface area (Å²) < 4.78 is 37.9. The van der Waals surface area contributed by atoms with Gasteiger partial charge in [-0.05, 0) is 52.2 Å². The van der Waals surface area contributed by atoms with Crippen LogP contribution in [-0.4, -0.2) is 41.5 Å². The fraction of sp³-hybridized carbons (Fsp3) is 0.529. The van der Waals surface area contributed by atoms with E-state index in [-0.39, 0.29) is 23.6 Å². The molecule has 1 aliphatic heterocycles. The Labute approximate surface area is 147 Å². The molecule has 0 unspecified atom stereocenters. The number of carbonyl (C=O) groups is 2. The van der Waals surface area contributed by atoms with Crippen molar-refractivity contribution in [1.82, 2.24) is 4.90 Å². The van der Waals surface area contributed by atoms with E-state index in [1.165, 1.54) is 6.07 Å². The summed E-state index contributed by atoms with van der Waals surface area (Å²) in [6.45, 7) is 6.91. The predicted molar refractivity (Wildman–Crippen MR) is 90.8 cm³/mol. The van der Waals surface area contributed by atoms with Gasteiger partial charge in [0.25, 0.3) is 10.1 Å². The van der Waals surface area contributed by atoms with Gasteiger partial charge in [-0.1, -0.05) is 17.7 Å². The predicted octanol–water partition coefficient (Wildman–Crippen LogP) is 2.71. The Morgan fingerprint density at radius 3 is 2.56 bits per heavy atom. The van der Waals surface area contributed by atoms with Crippen LogP contribution in [0.3, 0.4) is 0 Å². The molecule has 0 aromatic heterocycles. The Kier molecular flexibility index (Phi) is 5.24. The maximum Gasteiger partial charge on any atom is 0.417 e. The summed E-state index contributed by atoms with van der Waals surface area (Å²) in [6.07, 6.45) is 0.0106. The molecule has 1 aromatic carbocycles. The summed E-state index contributed by atoms with van der Waals surface area (Å²) in [6, 6.07) is 4.04. The largest absolute Gasteiger partial charge is 0.443 e. The van der Waals surface area contributed by atoms with Gasteiger partial charge in [0.05, 0.1) is 4.90 Å². The van der Waals surface area contributed by atoms with Crippen LogP contribution in [0.15, 0.2) is 23.1 Å². The minimum Gasteiger partial charge on any atom is -0.443 e. The Bertz CT molecular complexity index is 794. The quantitative estimate of drug-likeness (QED) is 0.822. The van der Waals surface area contributed by atoms with Crippen LogP contribution >= 0.6 is 0 Å². The van der Waals surface area contributed by atoms with Gasteiger partial charge in [0.1, 0.15) is 5.60 Å². The van der Waals surface area contributed by atoms with Crippen molar-refractivity contribution in [2.24, 2.45) is 0 Å². The summed E-state index contributed by atoms with van der Waals surface area (Å²) in [4.78, 5) is 25.3. The van der Waals surface area contributed by atoms with Crippen molar-refractivity contribution in [2.75, 3.05) is 0 Å². The lowest BCUT2D eigenvalue weighted by Gasteiger charge is -2.27. The first kappa shape index (κ1) is 19.4. The van der Waals surface area contributed by atoms with E-state index in [0.717, 1.165) is 10.5 Å². The van der Waals surface area contributed by atoms with Gasteiger partial charge in [-0.2, -0.15) is 8.42 Å². The SMILES string of the molecule is Cc1ccc(S(=O)(=O)O)c(C[C@@H]2CCC(=O)N2C(=O)OC(C)(C)C)c1. The molecular formula is C17H23NO6S. The molecule has 0 saturated carbocycles. The van der Waals surface area contributed by atoms with E-state index >= 15 is 0 Å². The van der Waals surface area contributed by atoms with Gasteiger partial charge in [-0.15, -0.1) is 0 Å². The number of carbonyl (C=O) groups excluding carboxylic acids is 2. The van der Waals surface area contributed by atoms with Crippen LogP contribution in [0.25, 0.3) is 0 Å². The number of aryl methyl sites for hydroxylation is 1. The molecule has 1 atom stereocenters. The van der Waals surface area contributed by atoms with E-state index in [0.29, 0.717) is 12.0 Å². The number of nitrogens with zero attached hydrogens (tertiary/aromatic N) is 1.